The maximum absolute atomic E-state index is 12.0. The van der Waals surface area contributed by atoms with Crippen LogP contribution in [0.25, 0.3) is 0 Å². The van der Waals surface area contributed by atoms with E-state index in [0.29, 0.717) is 0 Å². The van der Waals surface area contributed by atoms with Gasteiger partial charge in [0.15, 0.2) is 5.78 Å². The normalized spacial score (nSPS) is 18.4. The van der Waals surface area contributed by atoms with Crippen LogP contribution < -0.4 is 10.5 Å². The molecule has 0 bridgehead atoms. The zero-order chi connectivity index (χ0) is 12.8. The van der Waals surface area contributed by atoms with Crippen molar-refractivity contribution in [1.82, 2.24) is 0 Å². The smallest absolute Gasteiger partial charge is 0.179 e. The van der Waals surface area contributed by atoms with Crippen LogP contribution in [0, 0.1) is 6.92 Å². The van der Waals surface area contributed by atoms with Crippen molar-refractivity contribution >= 4 is 5.78 Å². The lowest BCUT2D eigenvalue weighted by atomic mass is 9.92. The standard InChI is InChI=1S/C14H19NO2/c1-8-10(13(16)9(2)15)5-6-12-11(8)7-14(3,4)17-12/h5-6,9H,7,15H2,1-4H3. The SMILES string of the molecule is Cc1c(C(=O)C(C)N)ccc2c1CC(C)(C)O2. The van der Waals surface area contributed by atoms with E-state index >= 15 is 0 Å². The number of nitrogens with two attached hydrogens (primary N) is 1. The van der Waals surface area contributed by atoms with Crippen molar-refractivity contribution < 1.29 is 9.53 Å². The highest BCUT2D eigenvalue weighted by atomic mass is 16.5. The molecule has 0 saturated carbocycles. The second kappa shape index (κ2) is 3.84. The van der Waals surface area contributed by atoms with Gasteiger partial charge in [0.2, 0.25) is 0 Å². The van der Waals surface area contributed by atoms with Gasteiger partial charge in [0, 0.05) is 17.5 Å². The maximum atomic E-state index is 12.0. The van der Waals surface area contributed by atoms with Crippen molar-refractivity contribution in [3.8, 4) is 5.75 Å². The van der Waals surface area contributed by atoms with Gasteiger partial charge in [0.1, 0.15) is 11.4 Å². The maximum Gasteiger partial charge on any atom is 0.179 e. The Balaban J connectivity index is 2.46. The van der Waals surface area contributed by atoms with Gasteiger partial charge in [-0.15, -0.1) is 0 Å². The highest BCUT2D eigenvalue weighted by Gasteiger charge is 2.32. The molecule has 2 N–H and O–H groups in total. The van der Waals surface area contributed by atoms with Gasteiger partial charge in [-0.1, -0.05) is 0 Å². The van der Waals surface area contributed by atoms with Gasteiger partial charge in [-0.3, -0.25) is 4.79 Å². The number of benzene rings is 1. The molecule has 17 heavy (non-hydrogen) atoms. The summed E-state index contributed by atoms with van der Waals surface area (Å²) in [5.41, 5.74) is 8.35. The summed E-state index contributed by atoms with van der Waals surface area (Å²) < 4.78 is 5.83. The molecule has 2 rings (SSSR count). The van der Waals surface area contributed by atoms with Crippen LogP contribution in [0.4, 0.5) is 0 Å². The highest BCUT2D eigenvalue weighted by molar-refractivity contribution is 6.01. The van der Waals surface area contributed by atoms with E-state index < -0.39 is 6.04 Å². The number of rotatable bonds is 2. The molecule has 0 amide bonds. The van der Waals surface area contributed by atoms with E-state index in [-0.39, 0.29) is 11.4 Å². The quantitative estimate of drug-likeness (QED) is 0.797. The summed E-state index contributed by atoms with van der Waals surface area (Å²) in [6.07, 6.45) is 0.842. The van der Waals surface area contributed by atoms with Gasteiger partial charge in [0.25, 0.3) is 0 Å². The lowest BCUT2D eigenvalue weighted by Crippen LogP contribution is -2.27. The van der Waals surface area contributed by atoms with E-state index in [9.17, 15) is 4.79 Å². The van der Waals surface area contributed by atoms with Crippen LogP contribution in [0.5, 0.6) is 5.75 Å². The molecular weight excluding hydrogens is 214 g/mol. The lowest BCUT2D eigenvalue weighted by Gasteiger charge is -2.16. The van der Waals surface area contributed by atoms with E-state index in [1.54, 1.807) is 6.92 Å². The summed E-state index contributed by atoms with van der Waals surface area (Å²) in [5.74, 6) is 0.892. The third-order valence-corrected chi connectivity index (χ3v) is 3.22. The molecule has 1 atom stereocenters. The predicted molar refractivity (Wildman–Crippen MR) is 67.6 cm³/mol. The van der Waals surface area contributed by atoms with Gasteiger partial charge in [0.05, 0.1) is 6.04 Å². The Morgan fingerprint density at radius 1 is 1.47 bits per heavy atom. The number of fused-ring (bicyclic) bond motifs is 1. The fourth-order valence-corrected chi connectivity index (χ4v) is 2.32. The van der Waals surface area contributed by atoms with Crippen molar-refractivity contribution in [1.29, 1.82) is 0 Å². The van der Waals surface area contributed by atoms with E-state index in [1.165, 1.54) is 0 Å². The van der Waals surface area contributed by atoms with Crippen molar-refractivity contribution in [3.63, 3.8) is 0 Å². The summed E-state index contributed by atoms with van der Waals surface area (Å²) in [6.45, 7) is 7.80. The minimum atomic E-state index is -0.456. The minimum absolute atomic E-state index is 0.00462. The summed E-state index contributed by atoms with van der Waals surface area (Å²) in [4.78, 5) is 12.0. The van der Waals surface area contributed by atoms with Gasteiger partial charge in [-0.05, 0) is 45.4 Å². The molecule has 0 spiro atoms. The van der Waals surface area contributed by atoms with E-state index in [4.69, 9.17) is 10.5 Å². The van der Waals surface area contributed by atoms with Gasteiger partial charge in [-0.2, -0.15) is 0 Å². The molecule has 3 nitrogen and oxygen atoms in total. The molecule has 0 aliphatic carbocycles. The topological polar surface area (TPSA) is 52.3 Å². The molecule has 1 aromatic rings. The first kappa shape index (κ1) is 12.1. The monoisotopic (exact) mass is 233 g/mol. The molecule has 0 saturated heterocycles. The molecule has 1 aliphatic rings. The average molecular weight is 233 g/mol. The van der Waals surface area contributed by atoms with E-state index in [2.05, 4.69) is 13.8 Å². The van der Waals surface area contributed by atoms with Crippen LogP contribution in [0.15, 0.2) is 12.1 Å². The summed E-state index contributed by atoms with van der Waals surface area (Å²) in [7, 11) is 0. The van der Waals surface area contributed by atoms with E-state index in [1.807, 2.05) is 19.1 Å². The molecule has 1 heterocycles. The van der Waals surface area contributed by atoms with Crippen molar-refractivity contribution in [2.45, 2.75) is 45.8 Å². The Kier molecular flexibility index (Phi) is 2.74. The predicted octanol–water partition coefficient (Wildman–Crippen LogP) is 2.24. The van der Waals surface area contributed by atoms with Crippen molar-refractivity contribution in [2.75, 3.05) is 0 Å². The van der Waals surface area contributed by atoms with Crippen LogP contribution in [-0.4, -0.2) is 17.4 Å². The molecule has 0 fully saturated rings. The first-order valence-electron chi connectivity index (χ1n) is 5.93. The Hall–Kier alpha value is -1.35. The highest BCUT2D eigenvalue weighted by Crippen LogP contribution is 2.38. The van der Waals surface area contributed by atoms with Gasteiger partial charge < -0.3 is 10.5 Å². The van der Waals surface area contributed by atoms with Crippen LogP contribution in [0.2, 0.25) is 0 Å². The molecule has 1 unspecified atom stereocenters. The third kappa shape index (κ3) is 2.07. The van der Waals surface area contributed by atoms with Crippen LogP contribution in [0.1, 0.15) is 42.3 Å². The van der Waals surface area contributed by atoms with Crippen LogP contribution in [0.3, 0.4) is 0 Å². The number of carbonyl (C=O) groups excluding carboxylic acids is 1. The molecule has 3 heteroatoms. The largest absolute Gasteiger partial charge is 0.487 e. The minimum Gasteiger partial charge on any atom is -0.487 e. The molecule has 1 aliphatic heterocycles. The molecule has 0 radical (unpaired) electrons. The lowest BCUT2D eigenvalue weighted by molar-refractivity contribution is 0.0967. The number of ether oxygens (including phenoxy) is 1. The molecule has 0 aromatic heterocycles. The fourth-order valence-electron chi connectivity index (χ4n) is 2.32. The Labute approximate surface area is 102 Å². The zero-order valence-electron chi connectivity index (χ0n) is 10.8. The Morgan fingerprint density at radius 3 is 2.71 bits per heavy atom. The molecule has 1 aromatic carbocycles. The Morgan fingerprint density at radius 2 is 2.12 bits per heavy atom. The molecule has 92 valence electrons. The first-order valence-corrected chi connectivity index (χ1v) is 5.93. The summed E-state index contributed by atoms with van der Waals surface area (Å²) in [6, 6.07) is 3.25. The first-order chi connectivity index (χ1) is 7.82. The van der Waals surface area contributed by atoms with Gasteiger partial charge >= 0.3 is 0 Å². The van der Waals surface area contributed by atoms with Crippen molar-refractivity contribution in [3.05, 3.63) is 28.8 Å². The number of ketones is 1. The number of Topliss-reactive ketones (excluding diaryl/α,β-unsaturated/α-hetero) is 1. The second-order valence-electron chi connectivity index (χ2n) is 5.41. The summed E-state index contributed by atoms with van der Waals surface area (Å²) >= 11 is 0. The second-order valence-corrected chi connectivity index (χ2v) is 5.41. The van der Waals surface area contributed by atoms with Crippen LogP contribution >= 0.6 is 0 Å². The third-order valence-electron chi connectivity index (χ3n) is 3.22. The zero-order valence-corrected chi connectivity index (χ0v) is 10.8. The number of carbonyl (C=O) groups is 1. The van der Waals surface area contributed by atoms with Gasteiger partial charge in [-0.25, -0.2) is 0 Å². The number of hydrogen-bond acceptors (Lipinski definition) is 3. The van der Waals surface area contributed by atoms with Crippen molar-refractivity contribution in [2.24, 2.45) is 5.73 Å². The van der Waals surface area contributed by atoms with Crippen LogP contribution in [-0.2, 0) is 6.42 Å². The van der Waals surface area contributed by atoms with E-state index in [0.717, 1.165) is 28.9 Å². The number of hydrogen-bond donors (Lipinski definition) is 1. The average Bonchev–Trinajstić information content (AvgIpc) is 2.53. The Bertz CT molecular complexity index is 475. The summed E-state index contributed by atoms with van der Waals surface area (Å²) in [5, 5.41) is 0. The molecular formula is C14H19NO2. The fraction of sp³-hybridized carbons (Fsp3) is 0.500.